The zero-order valence-corrected chi connectivity index (χ0v) is 16.4. The molecule has 2 saturated heterocycles. The molecule has 7 heteroatoms. The first-order valence-corrected chi connectivity index (χ1v) is 8.58. The van der Waals surface area contributed by atoms with E-state index < -0.39 is 0 Å². The summed E-state index contributed by atoms with van der Waals surface area (Å²) in [4.78, 5) is 17.0. The monoisotopic (exact) mass is 389 g/mol. The van der Waals surface area contributed by atoms with E-state index >= 15 is 0 Å². The average Bonchev–Trinajstić information content (AvgIpc) is 2.63. The number of hydrogen-bond donors (Lipinski definition) is 1. The van der Waals surface area contributed by atoms with E-state index in [4.69, 9.17) is 4.74 Å². The van der Waals surface area contributed by atoms with Gasteiger partial charge in [-0.2, -0.15) is 0 Å². The Morgan fingerprint density at radius 3 is 2.52 bits per heavy atom. The van der Waals surface area contributed by atoms with Gasteiger partial charge in [0, 0.05) is 39.3 Å². The maximum atomic E-state index is 12.5. The van der Waals surface area contributed by atoms with Crippen molar-refractivity contribution in [3.63, 3.8) is 0 Å². The molecule has 142 valence electrons. The summed E-state index contributed by atoms with van der Waals surface area (Å²) in [5.41, 5.74) is 1.36. The maximum Gasteiger partial charge on any atom is 0.242 e. The molecule has 5 nitrogen and oxygen atoms in total. The number of nitrogens with one attached hydrogen (secondary N) is 1. The van der Waals surface area contributed by atoms with Crippen LogP contribution in [-0.2, 0) is 16.1 Å². The molecule has 2 aliphatic heterocycles. The number of benzene rings is 1. The first-order valence-electron chi connectivity index (χ1n) is 8.58. The number of rotatable bonds is 4. The van der Waals surface area contributed by atoms with Gasteiger partial charge in [-0.1, -0.05) is 30.3 Å². The summed E-state index contributed by atoms with van der Waals surface area (Å²) in [5, 5.41) is 3.25. The van der Waals surface area contributed by atoms with E-state index in [1.54, 1.807) is 0 Å². The van der Waals surface area contributed by atoms with Crippen molar-refractivity contribution in [3.8, 4) is 0 Å². The number of halogens is 2. The van der Waals surface area contributed by atoms with E-state index in [0.717, 1.165) is 39.0 Å². The van der Waals surface area contributed by atoms with Gasteiger partial charge in [-0.15, -0.1) is 24.8 Å². The molecule has 1 aromatic rings. The van der Waals surface area contributed by atoms with Gasteiger partial charge >= 0.3 is 0 Å². The second-order valence-electron chi connectivity index (χ2n) is 6.52. The Hall–Kier alpha value is -0.850. The topological polar surface area (TPSA) is 44.8 Å². The summed E-state index contributed by atoms with van der Waals surface area (Å²) in [6.45, 7) is 5.06. The molecule has 2 heterocycles. The predicted octanol–water partition coefficient (Wildman–Crippen LogP) is 1.94. The molecule has 1 amide bonds. The summed E-state index contributed by atoms with van der Waals surface area (Å²) < 4.78 is 5.41. The highest BCUT2D eigenvalue weighted by atomic mass is 35.5. The average molecular weight is 390 g/mol. The molecule has 3 rings (SSSR count). The smallest absolute Gasteiger partial charge is 0.242 e. The van der Waals surface area contributed by atoms with Crippen molar-refractivity contribution in [1.29, 1.82) is 0 Å². The van der Waals surface area contributed by atoms with Gasteiger partial charge in [-0.05, 0) is 18.4 Å². The van der Waals surface area contributed by atoms with E-state index in [-0.39, 0.29) is 36.8 Å². The first-order chi connectivity index (χ1) is 11.2. The lowest BCUT2D eigenvalue weighted by Gasteiger charge is -2.38. The Labute approximate surface area is 162 Å². The van der Waals surface area contributed by atoms with Gasteiger partial charge in [-0.3, -0.25) is 9.69 Å². The van der Waals surface area contributed by atoms with Gasteiger partial charge in [0.2, 0.25) is 5.91 Å². The molecule has 0 bridgehead atoms. The number of hydrogen-bond acceptors (Lipinski definition) is 4. The van der Waals surface area contributed by atoms with Crippen LogP contribution in [0.25, 0.3) is 0 Å². The highest BCUT2D eigenvalue weighted by Gasteiger charge is 2.30. The minimum atomic E-state index is -0.170. The van der Waals surface area contributed by atoms with Crippen LogP contribution in [0.3, 0.4) is 0 Å². The molecule has 1 N–H and O–H groups in total. The Bertz CT molecular complexity index is 504. The molecule has 0 aromatic heterocycles. The van der Waals surface area contributed by atoms with Crippen molar-refractivity contribution in [3.05, 3.63) is 35.9 Å². The molecular weight excluding hydrogens is 361 g/mol. The lowest BCUT2D eigenvalue weighted by atomic mass is 10.0. The van der Waals surface area contributed by atoms with Crippen molar-refractivity contribution in [2.24, 2.45) is 0 Å². The van der Waals surface area contributed by atoms with Crippen LogP contribution in [-0.4, -0.2) is 67.7 Å². The van der Waals surface area contributed by atoms with Gasteiger partial charge in [0.05, 0.1) is 13.2 Å². The van der Waals surface area contributed by atoms with Crippen LogP contribution in [0.5, 0.6) is 0 Å². The number of likely N-dealkylation sites (N-methyl/N-ethyl adjacent to an activating group) is 1. The number of amides is 1. The fourth-order valence-electron chi connectivity index (χ4n) is 3.46. The second kappa shape index (κ2) is 11.0. The lowest BCUT2D eigenvalue weighted by molar-refractivity contribution is -0.138. The summed E-state index contributed by atoms with van der Waals surface area (Å²) in [6.07, 6.45) is 2.09. The van der Waals surface area contributed by atoms with Gasteiger partial charge in [0.15, 0.2) is 0 Å². The van der Waals surface area contributed by atoms with Gasteiger partial charge < -0.3 is 15.0 Å². The van der Waals surface area contributed by atoms with E-state index in [9.17, 15) is 4.79 Å². The standard InChI is InChI=1S/C18H27N3O2.2ClH/c1-20(18(22)17-14-23-12-9-19-17)16-7-10-21(11-8-16)13-15-5-3-2-4-6-15;;/h2-6,16-17,19H,7-14H2,1H3;2*1H. The number of likely N-dealkylation sites (tertiary alicyclic amines) is 1. The van der Waals surface area contributed by atoms with Crippen molar-refractivity contribution in [1.82, 2.24) is 15.1 Å². The largest absolute Gasteiger partial charge is 0.378 e. The number of carbonyl (C=O) groups excluding carboxylic acids is 1. The summed E-state index contributed by atoms with van der Waals surface area (Å²) in [7, 11) is 1.94. The molecule has 0 radical (unpaired) electrons. The van der Waals surface area contributed by atoms with Crippen LogP contribution >= 0.6 is 24.8 Å². The van der Waals surface area contributed by atoms with E-state index in [0.29, 0.717) is 19.3 Å². The van der Waals surface area contributed by atoms with Crippen molar-refractivity contribution >= 4 is 30.7 Å². The summed E-state index contributed by atoms with van der Waals surface area (Å²) in [6, 6.07) is 10.8. The fourth-order valence-corrected chi connectivity index (χ4v) is 3.46. The minimum Gasteiger partial charge on any atom is -0.378 e. The van der Waals surface area contributed by atoms with Crippen molar-refractivity contribution in [2.45, 2.75) is 31.5 Å². The first kappa shape index (κ1) is 22.2. The number of morpholine rings is 1. The fraction of sp³-hybridized carbons (Fsp3) is 0.611. The third-order valence-electron chi connectivity index (χ3n) is 4.92. The quantitative estimate of drug-likeness (QED) is 0.854. The highest BCUT2D eigenvalue weighted by Crippen LogP contribution is 2.18. The molecule has 1 atom stereocenters. The van der Waals surface area contributed by atoms with Crippen LogP contribution < -0.4 is 5.32 Å². The van der Waals surface area contributed by atoms with E-state index in [1.165, 1.54) is 5.56 Å². The summed E-state index contributed by atoms with van der Waals surface area (Å²) >= 11 is 0. The zero-order chi connectivity index (χ0) is 16.1. The van der Waals surface area contributed by atoms with Crippen LogP contribution in [0.15, 0.2) is 30.3 Å². The van der Waals surface area contributed by atoms with Crippen molar-refractivity contribution in [2.75, 3.05) is 39.9 Å². The second-order valence-corrected chi connectivity index (χ2v) is 6.52. The van der Waals surface area contributed by atoms with E-state index in [2.05, 4.69) is 40.5 Å². The molecule has 1 unspecified atom stereocenters. The number of ether oxygens (including phenoxy) is 1. The van der Waals surface area contributed by atoms with Gasteiger partial charge in [0.1, 0.15) is 6.04 Å². The molecule has 25 heavy (non-hydrogen) atoms. The molecule has 1 aromatic carbocycles. The predicted molar refractivity (Wildman–Crippen MR) is 105 cm³/mol. The number of nitrogens with zero attached hydrogens (tertiary/aromatic N) is 2. The van der Waals surface area contributed by atoms with E-state index in [1.807, 2.05) is 11.9 Å². The highest BCUT2D eigenvalue weighted by molar-refractivity contribution is 5.85. The third-order valence-corrected chi connectivity index (χ3v) is 4.92. The Morgan fingerprint density at radius 2 is 1.92 bits per heavy atom. The van der Waals surface area contributed by atoms with Crippen LogP contribution in [0.2, 0.25) is 0 Å². The Morgan fingerprint density at radius 1 is 1.24 bits per heavy atom. The van der Waals surface area contributed by atoms with Crippen LogP contribution in [0.1, 0.15) is 18.4 Å². The number of piperidine rings is 1. The lowest BCUT2D eigenvalue weighted by Crippen LogP contribution is -2.55. The summed E-state index contributed by atoms with van der Waals surface area (Å²) in [5.74, 6) is 0.172. The Balaban J connectivity index is 0.00000156. The molecule has 2 aliphatic rings. The molecule has 0 spiro atoms. The van der Waals surface area contributed by atoms with Crippen LogP contribution in [0.4, 0.5) is 0 Å². The van der Waals surface area contributed by atoms with Gasteiger partial charge in [-0.25, -0.2) is 0 Å². The van der Waals surface area contributed by atoms with Crippen LogP contribution in [0, 0.1) is 0 Å². The van der Waals surface area contributed by atoms with Crippen molar-refractivity contribution < 1.29 is 9.53 Å². The third kappa shape index (κ3) is 6.12. The molecule has 0 aliphatic carbocycles. The minimum absolute atomic E-state index is 0. The normalized spacial score (nSPS) is 21.7. The maximum absolute atomic E-state index is 12.5. The SMILES string of the molecule is CN(C(=O)C1COCCN1)C1CCN(Cc2ccccc2)CC1.Cl.Cl. The Kier molecular flexibility index (Phi) is 9.75. The molecule has 0 saturated carbocycles. The zero-order valence-electron chi connectivity index (χ0n) is 14.7. The molecular formula is C18H29Cl2N3O2. The van der Waals surface area contributed by atoms with Gasteiger partial charge in [0.25, 0.3) is 0 Å². The number of carbonyl (C=O) groups is 1. The molecule has 2 fully saturated rings.